The van der Waals surface area contributed by atoms with Crippen molar-refractivity contribution < 1.29 is 23.6 Å². The van der Waals surface area contributed by atoms with Crippen LogP contribution in [0.1, 0.15) is 11.7 Å². The van der Waals surface area contributed by atoms with Gasteiger partial charge in [-0.3, -0.25) is 10.1 Å². The van der Waals surface area contributed by atoms with E-state index < -0.39 is 39.2 Å². The van der Waals surface area contributed by atoms with Gasteiger partial charge >= 0.3 is 0 Å². The largest absolute Gasteiger partial charge is 0.390 e. The summed E-state index contributed by atoms with van der Waals surface area (Å²) in [6, 6.07) is 2.92. The third-order valence-corrected chi connectivity index (χ3v) is 3.75. The van der Waals surface area contributed by atoms with E-state index >= 15 is 0 Å². The maximum atomic E-state index is 11.4. The maximum absolute atomic E-state index is 11.4. The van der Waals surface area contributed by atoms with Gasteiger partial charge in [-0.15, -0.1) is 0 Å². The Morgan fingerprint density at radius 2 is 2.10 bits per heavy atom. The predicted octanol–water partition coefficient (Wildman–Crippen LogP) is 0.703. The van der Waals surface area contributed by atoms with Crippen molar-refractivity contribution in [3.63, 3.8) is 0 Å². The summed E-state index contributed by atoms with van der Waals surface area (Å²) in [5.41, 5.74) is 7.21. The number of azide groups is 1. The number of sulfone groups is 1. The molecule has 2 N–H and O–H groups in total. The molecule has 1 rings (SSSR count). The molecule has 0 amide bonds. The molecule has 0 spiro atoms. The summed E-state index contributed by atoms with van der Waals surface area (Å²) in [6.07, 6.45) is -2.35. The van der Waals surface area contributed by atoms with Crippen LogP contribution in [0.3, 0.4) is 0 Å². The molecule has 0 aliphatic rings. The minimum Gasteiger partial charge on any atom is -0.390 e. The Kier molecular flexibility index (Phi) is 5.22. The molecule has 114 valence electrons. The number of hydrogen-bond acceptors (Lipinski definition) is 7. The normalized spacial score (nSPS) is 14.0. The lowest BCUT2D eigenvalue weighted by atomic mass is 10.0. The maximum Gasteiger partial charge on any atom is 0.276 e. The molecule has 21 heavy (non-hydrogen) atoms. The second-order valence-electron chi connectivity index (χ2n) is 4.18. The highest BCUT2D eigenvalue weighted by atomic mass is 32.2. The van der Waals surface area contributed by atoms with Crippen LogP contribution in [-0.2, 0) is 9.84 Å². The van der Waals surface area contributed by atoms with E-state index in [4.69, 9.17) is 5.53 Å². The summed E-state index contributed by atoms with van der Waals surface area (Å²) >= 11 is 0. The minimum atomic E-state index is -3.65. The molecule has 0 saturated carbocycles. The van der Waals surface area contributed by atoms with Crippen LogP contribution in [0.5, 0.6) is 0 Å². The number of benzene rings is 1. The van der Waals surface area contributed by atoms with Gasteiger partial charge in [-0.05, 0) is 17.7 Å². The smallest absolute Gasteiger partial charge is 0.276 e. The fourth-order valence-electron chi connectivity index (χ4n) is 1.59. The zero-order valence-corrected chi connectivity index (χ0v) is 11.6. The average molecular weight is 316 g/mol. The Morgan fingerprint density at radius 3 is 2.57 bits per heavy atom. The zero-order chi connectivity index (χ0) is 16.2. The Labute approximate surface area is 119 Å². The van der Waals surface area contributed by atoms with Crippen molar-refractivity contribution in [3.8, 4) is 0 Å². The van der Waals surface area contributed by atoms with Crippen molar-refractivity contribution in [1.82, 2.24) is 0 Å². The molecule has 0 bridgehead atoms. The number of aliphatic hydroxyl groups excluding tert-OH is 2. The van der Waals surface area contributed by atoms with Crippen LogP contribution in [0.15, 0.2) is 28.2 Å². The van der Waals surface area contributed by atoms with Gasteiger partial charge in [0.15, 0.2) is 9.84 Å². The van der Waals surface area contributed by atoms with Gasteiger partial charge in [-0.25, -0.2) is 8.42 Å². The average Bonchev–Trinajstić information content (AvgIpc) is 2.42. The SMILES string of the molecule is CS(=O)(=O)c1ccc(C(O)C(O)CN=[N+]=[N-])c([N+](=O)[O-])c1. The first-order valence-electron chi connectivity index (χ1n) is 5.54. The van der Waals surface area contributed by atoms with Crippen molar-refractivity contribution in [1.29, 1.82) is 0 Å². The summed E-state index contributed by atoms with van der Waals surface area (Å²) in [4.78, 5) is 12.2. The molecule has 1 aromatic rings. The molecular formula is C10H12N4O6S. The molecule has 0 aromatic heterocycles. The summed E-state index contributed by atoms with van der Waals surface area (Å²) in [5, 5.41) is 33.5. The standard InChI is InChI=1S/C10H12N4O6S/c1-21(19,20)6-2-3-7(8(4-6)14(17)18)10(16)9(15)5-12-13-11/h2-4,9-10,15-16H,5H2,1H3. The Morgan fingerprint density at radius 1 is 1.48 bits per heavy atom. The second kappa shape index (κ2) is 6.50. The van der Waals surface area contributed by atoms with E-state index in [1.807, 2.05) is 0 Å². The lowest BCUT2D eigenvalue weighted by molar-refractivity contribution is -0.386. The topological polar surface area (TPSA) is 166 Å². The van der Waals surface area contributed by atoms with Gasteiger partial charge in [0.1, 0.15) is 6.10 Å². The molecule has 11 heteroatoms. The zero-order valence-electron chi connectivity index (χ0n) is 10.8. The van der Waals surface area contributed by atoms with E-state index in [9.17, 15) is 28.7 Å². The highest BCUT2D eigenvalue weighted by molar-refractivity contribution is 7.90. The summed E-state index contributed by atoms with van der Waals surface area (Å²) in [7, 11) is -3.65. The summed E-state index contributed by atoms with van der Waals surface area (Å²) in [6.45, 7) is -0.483. The van der Waals surface area contributed by atoms with E-state index in [1.165, 1.54) is 0 Å². The van der Waals surface area contributed by atoms with Crippen LogP contribution < -0.4 is 0 Å². The van der Waals surface area contributed by atoms with Gasteiger partial charge in [0, 0.05) is 17.2 Å². The highest BCUT2D eigenvalue weighted by Gasteiger charge is 2.27. The summed E-state index contributed by atoms with van der Waals surface area (Å²) in [5.74, 6) is 0. The molecule has 0 aliphatic carbocycles. The molecule has 0 saturated heterocycles. The Balaban J connectivity index is 3.30. The lowest BCUT2D eigenvalue weighted by Crippen LogP contribution is -2.22. The van der Waals surface area contributed by atoms with Gasteiger partial charge in [-0.1, -0.05) is 5.11 Å². The molecule has 10 nitrogen and oxygen atoms in total. The fraction of sp³-hybridized carbons (Fsp3) is 0.400. The molecule has 0 fully saturated rings. The van der Waals surface area contributed by atoms with Crippen LogP contribution in [0, 0.1) is 10.1 Å². The number of rotatable bonds is 6. The Hall–Kier alpha value is -2.20. The van der Waals surface area contributed by atoms with Crippen molar-refractivity contribution in [2.45, 2.75) is 17.1 Å². The van der Waals surface area contributed by atoms with Crippen molar-refractivity contribution in [2.24, 2.45) is 5.11 Å². The number of aliphatic hydroxyl groups is 2. The van der Waals surface area contributed by atoms with E-state index in [0.29, 0.717) is 0 Å². The van der Waals surface area contributed by atoms with E-state index in [0.717, 1.165) is 24.5 Å². The van der Waals surface area contributed by atoms with E-state index in [1.54, 1.807) is 0 Å². The first kappa shape index (κ1) is 16.9. The number of nitro groups is 1. The molecule has 0 aliphatic heterocycles. The quantitative estimate of drug-likeness (QED) is 0.257. The van der Waals surface area contributed by atoms with Crippen molar-refractivity contribution >= 4 is 15.5 Å². The minimum absolute atomic E-state index is 0.270. The molecular weight excluding hydrogens is 304 g/mol. The third kappa shape index (κ3) is 4.13. The molecule has 2 atom stereocenters. The third-order valence-electron chi connectivity index (χ3n) is 2.64. The molecule has 0 heterocycles. The van der Waals surface area contributed by atoms with Gasteiger partial charge < -0.3 is 10.2 Å². The predicted molar refractivity (Wildman–Crippen MR) is 71.2 cm³/mol. The van der Waals surface area contributed by atoms with Crippen LogP contribution in [0.25, 0.3) is 10.4 Å². The lowest BCUT2D eigenvalue weighted by Gasteiger charge is -2.16. The number of nitrogens with zero attached hydrogens (tertiary/aromatic N) is 4. The van der Waals surface area contributed by atoms with E-state index in [2.05, 4.69) is 10.0 Å². The van der Waals surface area contributed by atoms with E-state index in [-0.39, 0.29) is 10.5 Å². The first-order chi connectivity index (χ1) is 9.68. The highest BCUT2D eigenvalue weighted by Crippen LogP contribution is 2.30. The summed E-state index contributed by atoms with van der Waals surface area (Å²) < 4.78 is 22.7. The van der Waals surface area contributed by atoms with Gasteiger partial charge in [0.25, 0.3) is 5.69 Å². The Bertz CT molecular complexity index is 697. The van der Waals surface area contributed by atoms with Gasteiger partial charge in [0.05, 0.1) is 28.0 Å². The fourth-order valence-corrected chi connectivity index (χ4v) is 2.23. The monoisotopic (exact) mass is 316 g/mol. The number of hydrogen-bond donors (Lipinski definition) is 2. The van der Waals surface area contributed by atoms with Gasteiger partial charge in [-0.2, -0.15) is 0 Å². The molecule has 2 unspecified atom stereocenters. The molecule has 0 radical (unpaired) electrons. The van der Waals surface area contributed by atoms with Crippen LogP contribution >= 0.6 is 0 Å². The van der Waals surface area contributed by atoms with Crippen LogP contribution in [0.4, 0.5) is 5.69 Å². The first-order valence-corrected chi connectivity index (χ1v) is 7.43. The van der Waals surface area contributed by atoms with Crippen LogP contribution in [-0.4, -0.2) is 42.5 Å². The molecule has 1 aromatic carbocycles. The van der Waals surface area contributed by atoms with Gasteiger partial charge in [0.2, 0.25) is 0 Å². The van der Waals surface area contributed by atoms with Crippen LogP contribution in [0.2, 0.25) is 0 Å². The second-order valence-corrected chi connectivity index (χ2v) is 6.19. The van der Waals surface area contributed by atoms with Crippen molar-refractivity contribution in [2.75, 3.05) is 12.8 Å². The number of nitro benzene ring substituents is 1. The van der Waals surface area contributed by atoms with Crippen molar-refractivity contribution in [3.05, 3.63) is 44.3 Å².